The summed E-state index contributed by atoms with van der Waals surface area (Å²) >= 11 is 0. The Labute approximate surface area is 546 Å². The highest BCUT2D eigenvalue weighted by Gasteiger charge is 2.41. The number of ether oxygens (including phenoxy) is 3. The zero-order valence-electron chi connectivity index (χ0n) is 60.8. The van der Waals surface area contributed by atoms with Gasteiger partial charge in [0, 0.05) is 55.6 Å². The summed E-state index contributed by atoms with van der Waals surface area (Å²) in [6.45, 7) is 45.1. The molecule has 3 aliphatic heterocycles. The summed E-state index contributed by atoms with van der Waals surface area (Å²) in [5.74, 6) is 9.09. The molecule has 500 valence electrons. The van der Waals surface area contributed by atoms with Crippen molar-refractivity contribution in [2.24, 2.45) is 53.3 Å². The highest BCUT2D eigenvalue weighted by atomic mass is 16.5. The van der Waals surface area contributed by atoms with Crippen LogP contribution in [0.4, 0.5) is 0 Å². The maximum absolute atomic E-state index is 13.2. The first kappa shape index (κ1) is 73.7. The maximum atomic E-state index is 13.2. The van der Waals surface area contributed by atoms with Crippen LogP contribution in [0.25, 0.3) is 40.5 Å². The molecular weight excluding hydrogens is 1090 g/mol. The van der Waals surface area contributed by atoms with E-state index in [-0.39, 0.29) is 17.2 Å². The highest BCUT2D eigenvalue weighted by Crippen LogP contribution is 2.60. The molecule has 0 aliphatic carbocycles. The Morgan fingerprint density at radius 1 is 0.292 bits per heavy atom. The van der Waals surface area contributed by atoms with Gasteiger partial charge in [-0.15, -0.1) is 0 Å². The summed E-state index contributed by atoms with van der Waals surface area (Å²) in [5, 5.41) is 38.1. The van der Waals surface area contributed by atoms with Crippen LogP contribution in [0.15, 0.2) is 18.2 Å². The number of rotatable bonds is 38. The number of hydrogen-bond donors (Lipinski definition) is 3. The lowest BCUT2D eigenvalue weighted by Crippen LogP contribution is -2.33. The maximum Gasteiger partial charge on any atom is 0.136 e. The lowest BCUT2D eigenvalue weighted by Gasteiger charge is -2.38. The second kappa shape index (κ2) is 33.5. The molecule has 0 spiro atoms. The molecule has 0 amide bonds. The lowest BCUT2D eigenvalue weighted by atomic mass is 9.80. The van der Waals surface area contributed by atoms with Crippen LogP contribution in [0.5, 0.6) is 34.5 Å². The minimum atomic E-state index is -0.680. The minimum absolute atomic E-state index is 0.0711. The molecule has 3 N–H and O–H groups in total. The first-order valence-electron chi connectivity index (χ1n) is 36.7. The topological polar surface area (TPSA) is 88.4 Å². The summed E-state index contributed by atoms with van der Waals surface area (Å²) in [4.78, 5) is 0. The molecule has 1 unspecified atom stereocenters. The number of benzene rings is 3. The number of hydrogen-bond acceptors (Lipinski definition) is 6. The van der Waals surface area contributed by atoms with Gasteiger partial charge in [-0.05, 0) is 177 Å². The molecule has 6 heteroatoms. The van der Waals surface area contributed by atoms with Crippen molar-refractivity contribution < 1.29 is 29.5 Å². The third kappa shape index (κ3) is 20.3. The van der Waals surface area contributed by atoms with E-state index in [1.54, 1.807) is 0 Å². The van der Waals surface area contributed by atoms with E-state index in [2.05, 4.69) is 147 Å². The molecule has 0 aromatic heterocycles. The van der Waals surface area contributed by atoms with Crippen LogP contribution in [0.2, 0.25) is 0 Å². The summed E-state index contributed by atoms with van der Waals surface area (Å²) in [6, 6.07) is 0. The molecule has 9 atom stereocenters. The van der Waals surface area contributed by atoms with Gasteiger partial charge in [-0.25, -0.2) is 0 Å². The van der Waals surface area contributed by atoms with Gasteiger partial charge in [-0.3, -0.25) is 0 Å². The number of phenols is 3. The van der Waals surface area contributed by atoms with Crippen molar-refractivity contribution in [3.05, 3.63) is 62.7 Å². The zero-order chi connectivity index (χ0) is 65.5. The molecule has 0 saturated carbocycles. The van der Waals surface area contributed by atoms with Crippen molar-refractivity contribution in [3.63, 3.8) is 0 Å². The Kier molecular flexibility index (Phi) is 27.7. The summed E-state index contributed by atoms with van der Waals surface area (Å²) < 4.78 is 22.1. The molecule has 3 heterocycles. The van der Waals surface area contributed by atoms with Crippen molar-refractivity contribution in [1.29, 1.82) is 0 Å². The fourth-order valence-corrected chi connectivity index (χ4v) is 15.1. The van der Waals surface area contributed by atoms with Crippen LogP contribution in [-0.2, 0) is 0 Å². The predicted molar refractivity (Wildman–Crippen MR) is 384 cm³/mol. The first-order chi connectivity index (χ1) is 42.0. The second-order valence-corrected chi connectivity index (χ2v) is 32.2. The van der Waals surface area contributed by atoms with E-state index in [0.717, 1.165) is 127 Å². The van der Waals surface area contributed by atoms with Crippen molar-refractivity contribution in [2.45, 2.75) is 329 Å². The van der Waals surface area contributed by atoms with Crippen LogP contribution in [0, 0.1) is 87.9 Å². The van der Waals surface area contributed by atoms with Gasteiger partial charge in [0.05, 0.1) is 0 Å². The van der Waals surface area contributed by atoms with Crippen molar-refractivity contribution in [1.82, 2.24) is 0 Å². The molecule has 6 rings (SSSR count). The van der Waals surface area contributed by atoms with Crippen LogP contribution in [0.1, 0.15) is 322 Å². The summed E-state index contributed by atoms with van der Waals surface area (Å²) in [6.07, 6.45) is 45.6. The fraction of sp³-hybridized carbons (Fsp3) is 0.711. The normalized spacial score (nSPS) is 20.7. The molecule has 0 fully saturated rings. The van der Waals surface area contributed by atoms with E-state index in [9.17, 15) is 15.3 Å². The third-order valence-corrected chi connectivity index (χ3v) is 21.7. The van der Waals surface area contributed by atoms with Crippen molar-refractivity contribution in [2.75, 3.05) is 0 Å². The molecular formula is C83H132O6. The Morgan fingerprint density at radius 2 is 0.551 bits per heavy atom. The Morgan fingerprint density at radius 3 is 0.888 bits per heavy atom. The summed E-state index contributed by atoms with van der Waals surface area (Å²) in [5.41, 5.74) is 6.69. The molecule has 6 nitrogen and oxygen atoms in total. The van der Waals surface area contributed by atoms with Gasteiger partial charge in [0.25, 0.3) is 0 Å². The highest BCUT2D eigenvalue weighted by molar-refractivity contribution is 6.01. The largest absolute Gasteiger partial charge is 0.507 e. The van der Waals surface area contributed by atoms with Gasteiger partial charge >= 0.3 is 0 Å². The molecule has 3 aliphatic rings. The summed E-state index contributed by atoms with van der Waals surface area (Å²) in [7, 11) is 0. The molecule has 89 heavy (non-hydrogen) atoms. The average molecular weight is 1230 g/mol. The standard InChI is InChI=1S/C83H132O6/c1-54(2)30-21-33-57(7)36-24-39-60(10)42-27-48-81(18)52-46-69-73(76(85)63(13)64(14)78(69)87-81)72-67(17)77(86)74(70-47-53-83(20,89-80(70)72)50-29-44-62(12)41-26-38-59(9)35-23-32-56(5)6)71-66(16)75(84)65(15)68-45-51-82(19,88-79(68)71)49-28-43-61(11)40-25-37-58(8)34-22-31-55(3)4/h45-47,51-62,84-86H,21-44,48-50H2,1-20H3/t57-,58-,59-,60-,61-,62-,81-,82?,83+/m1/s1. The van der Waals surface area contributed by atoms with E-state index in [1.165, 1.54) is 116 Å². The van der Waals surface area contributed by atoms with Crippen LogP contribution in [0.3, 0.4) is 0 Å². The van der Waals surface area contributed by atoms with Gasteiger partial charge in [0.15, 0.2) is 0 Å². The predicted octanol–water partition coefficient (Wildman–Crippen LogP) is 25.5. The van der Waals surface area contributed by atoms with Crippen LogP contribution >= 0.6 is 0 Å². The molecule has 0 radical (unpaired) electrons. The van der Waals surface area contributed by atoms with Gasteiger partial charge in [0.1, 0.15) is 51.3 Å². The quantitative estimate of drug-likeness (QED) is 0.0530. The number of aromatic hydroxyl groups is 3. The number of fused-ring (bicyclic) bond motifs is 3. The van der Waals surface area contributed by atoms with E-state index in [0.29, 0.717) is 68.2 Å². The Balaban J connectivity index is 1.33. The second-order valence-electron chi connectivity index (χ2n) is 32.2. The third-order valence-electron chi connectivity index (χ3n) is 21.7. The monoisotopic (exact) mass is 1230 g/mol. The van der Waals surface area contributed by atoms with E-state index < -0.39 is 16.8 Å². The Bertz CT molecular complexity index is 2840. The number of phenolic OH excluding ortho intramolecular Hbond substituents is 3. The zero-order valence-corrected chi connectivity index (χ0v) is 60.8. The first-order valence-corrected chi connectivity index (χ1v) is 36.7. The van der Waals surface area contributed by atoms with Crippen molar-refractivity contribution >= 4 is 18.2 Å². The van der Waals surface area contributed by atoms with E-state index in [1.807, 2.05) is 27.7 Å². The smallest absolute Gasteiger partial charge is 0.136 e. The minimum Gasteiger partial charge on any atom is -0.507 e. The van der Waals surface area contributed by atoms with Gasteiger partial charge in [-0.1, -0.05) is 236 Å². The lowest BCUT2D eigenvalue weighted by molar-refractivity contribution is 0.121. The Hall–Kier alpha value is -4.32. The van der Waals surface area contributed by atoms with Crippen LogP contribution in [-0.4, -0.2) is 32.1 Å². The molecule has 3 aromatic rings. The van der Waals surface area contributed by atoms with Gasteiger partial charge in [-0.2, -0.15) is 0 Å². The van der Waals surface area contributed by atoms with Gasteiger partial charge < -0.3 is 29.5 Å². The molecule has 0 saturated heterocycles. The van der Waals surface area contributed by atoms with E-state index in [4.69, 9.17) is 14.2 Å². The van der Waals surface area contributed by atoms with Gasteiger partial charge in [0.2, 0.25) is 0 Å². The molecule has 0 bridgehead atoms. The van der Waals surface area contributed by atoms with E-state index >= 15 is 0 Å². The van der Waals surface area contributed by atoms with Crippen LogP contribution < -0.4 is 14.2 Å². The average Bonchev–Trinajstić information content (AvgIpc) is 0.764. The molecule has 3 aromatic carbocycles. The SMILES string of the molecule is Cc1c(C)c2c(c(-c3c(C)c(O)c(-c4c(C)c(O)c(C)c5c4OC(C)(CCC[C@H](C)CCC[C@H](C)CCCC(C)C)C=C5)c4c3O[C@@](C)(CCC[C@H](C)CCC[C@H](C)CCCC(C)C)C=C4)c1O)C=C[C@@](C)(CCC[C@H](C)CCC[C@H](C)CCCC(C)C)O2. The van der Waals surface area contributed by atoms with Crippen molar-refractivity contribution in [3.8, 4) is 56.8 Å². The fourth-order valence-electron chi connectivity index (χ4n) is 15.1.